The van der Waals surface area contributed by atoms with Gasteiger partial charge in [0.25, 0.3) is 5.91 Å². The van der Waals surface area contributed by atoms with E-state index in [1.807, 2.05) is 12.1 Å². The Balaban J connectivity index is 1.61. The summed E-state index contributed by atoms with van der Waals surface area (Å²) < 4.78 is 5.35. The average molecular weight is 410 g/mol. The molecule has 2 amide bonds. The van der Waals surface area contributed by atoms with Gasteiger partial charge in [-0.25, -0.2) is 0 Å². The molecular formula is C22H20ClN3O3. The maximum absolute atomic E-state index is 12.3. The van der Waals surface area contributed by atoms with E-state index in [-0.39, 0.29) is 11.8 Å². The van der Waals surface area contributed by atoms with Crippen molar-refractivity contribution in [2.75, 3.05) is 17.7 Å². The Morgan fingerprint density at radius 1 is 1.07 bits per heavy atom. The maximum Gasteiger partial charge on any atom is 0.257 e. The van der Waals surface area contributed by atoms with Gasteiger partial charge in [0.1, 0.15) is 5.75 Å². The SMILES string of the molecule is COc1cc(NC(=O)CCc2ccc(Cl)cc2)ccc1NC(=O)c1cccnc1. The van der Waals surface area contributed by atoms with Crippen molar-refractivity contribution in [3.8, 4) is 5.75 Å². The van der Waals surface area contributed by atoms with Crippen molar-refractivity contribution in [1.82, 2.24) is 4.98 Å². The Hall–Kier alpha value is -3.38. The molecule has 3 aromatic rings. The summed E-state index contributed by atoms with van der Waals surface area (Å²) in [7, 11) is 1.50. The molecule has 0 saturated carbocycles. The fourth-order valence-corrected chi connectivity index (χ4v) is 2.82. The predicted octanol–water partition coefficient (Wildman–Crippen LogP) is 4.57. The average Bonchev–Trinajstić information content (AvgIpc) is 2.75. The van der Waals surface area contributed by atoms with E-state index in [9.17, 15) is 9.59 Å². The van der Waals surface area contributed by atoms with E-state index in [4.69, 9.17) is 16.3 Å². The van der Waals surface area contributed by atoms with Crippen LogP contribution in [0.4, 0.5) is 11.4 Å². The molecule has 0 aliphatic heterocycles. The number of nitrogens with one attached hydrogen (secondary N) is 2. The van der Waals surface area contributed by atoms with Gasteiger partial charge < -0.3 is 15.4 Å². The number of rotatable bonds is 7. The summed E-state index contributed by atoms with van der Waals surface area (Å²) in [5, 5.41) is 6.29. The smallest absolute Gasteiger partial charge is 0.257 e. The number of hydrogen-bond acceptors (Lipinski definition) is 4. The van der Waals surface area contributed by atoms with E-state index < -0.39 is 0 Å². The van der Waals surface area contributed by atoms with E-state index >= 15 is 0 Å². The summed E-state index contributed by atoms with van der Waals surface area (Å²) in [6.45, 7) is 0. The number of amides is 2. The van der Waals surface area contributed by atoms with Crippen molar-refractivity contribution in [2.24, 2.45) is 0 Å². The van der Waals surface area contributed by atoms with Crippen LogP contribution >= 0.6 is 11.6 Å². The molecule has 7 heteroatoms. The summed E-state index contributed by atoms with van der Waals surface area (Å²) in [6.07, 6.45) is 4.03. The van der Waals surface area contributed by atoms with E-state index in [2.05, 4.69) is 15.6 Å². The molecule has 2 N–H and O–H groups in total. The maximum atomic E-state index is 12.3. The summed E-state index contributed by atoms with van der Waals surface area (Å²) in [4.78, 5) is 28.5. The second-order valence-corrected chi connectivity index (χ2v) is 6.72. The van der Waals surface area contributed by atoms with Crippen LogP contribution < -0.4 is 15.4 Å². The lowest BCUT2D eigenvalue weighted by atomic mass is 10.1. The van der Waals surface area contributed by atoms with Crippen molar-refractivity contribution < 1.29 is 14.3 Å². The summed E-state index contributed by atoms with van der Waals surface area (Å²) in [6, 6.07) is 15.8. The minimum absolute atomic E-state index is 0.117. The zero-order chi connectivity index (χ0) is 20.6. The Labute approximate surface area is 173 Å². The molecule has 0 fully saturated rings. The van der Waals surface area contributed by atoms with Gasteiger partial charge in [0.2, 0.25) is 5.91 Å². The largest absolute Gasteiger partial charge is 0.494 e. The zero-order valence-electron chi connectivity index (χ0n) is 15.8. The van der Waals surface area contributed by atoms with E-state index in [0.29, 0.717) is 40.6 Å². The lowest BCUT2D eigenvalue weighted by molar-refractivity contribution is -0.116. The molecule has 0 aliphatic carbocycles. The van der Waals surface area contributed by atoms with Crippen LogP contribution in [0, 0.1) is 0 Å². The minimum Gasteiger partial charge on any atom is -0.494 e. The number of hydrogen-bond donors (Lipinski definition) is 2. The number of carbonyl (C=O) groups excluding carboxylic acids is 2. The van der Waals surface area contributed by atoms with Gasteiger partial charge in [0.05, 0.1) is 18.4 Å². The fraction of sp³-hybridized carbons (Fsp3) is 0.136. The van der Waals surface area contributed by atoms with E-state index in [1.54, 1.807) is 48.7 Å². The molecule has 29 heavy (non-hydrogen) atoms. The first-order valence-electron chi connectivity index (χ1n) is 8.99. The van der Waals surface area contributed by atoms with Gasteiger partial charge in [-0.15, -0.1) is 0 Å². The minimum atomic E-state index is -0.295. The van der Waals surface area contributed by atoms with E-state index in [0.717, 1.165) is 5.56 Å². The van der Waals surface area contributed by atoms with Gasteiger partial charge in [-0.2, -0.15) is 0 Å². The molecule has 0 spiro atoms. The van der Waals surface area contributed by atoms with Gasteiger partial charge in [-0.3, -0.25) is 14.6 Å². The number of halogens is 1. The first-order valence-corrected chi connectivity index (χ1v) is 9.36. The van der Waals surface area contributed by atoms with Gasteiger partial charge in [0.15, 0.2) is 0 Å². The van der Waals surface area contributed by atoms with Crippen molar-refractivity contribution in [2.45, 2.75) is 12.8 Å². The molecular weight excluding hydrogens is 390 g/mol. The standard InChI is InChI=1S/C22H20ClN3O3/c1-29-20-13-18(25-21(27)11-6-15-4-7-17(23)8-5-15)9-10-19(20)26-22(28)16-3-2-12-24-14-16/h2-5,7-10,12-14H,6,11H2,1H3,(H,25,27)(H,26,28). The number of ether oxygens (including phenoxy) is 1. The molecule has 0 saturated heterocycles. The summed E-state index contributed by atoms with van der Waals surface area (Å²) in [5.41, 5.74) is 2.56. The number of benzene rings is 2. The third-order valence-electron chi connectivity index (χ3n) is 4.21. The van der Waals surface area contributed by atoms with Crippen LogP contribution in [0.5, 0.6) is 5.75 Å². The second kappa shape index (κ2) is 9.71. The Morgan fingerprint density at radius 2 is 1.86 bits per heavy atom. The van der Waals surface area contributed by atoms with E-state index in [1.165, 1.54) is 13.3 Å². The summed E-state index contributed by atoms with van der Waals surface area (Å²) >= 11 is 5.87. The third-order valence-corrected chi connectivity index (χ3v) is 4.46. The molecule has 0 atom stereocenters. The molecule has 0 aliphatic rings. The lowest BCUT2D eigenvalue weighted by Crippen LogP contribution is -2.14. The summed E-state index contributed by atoms with van der Waals surface area (Å²) in [5.74, 6) is 0.0306. The highest BCUT2D eigenvalue weighted by molar-refractivity contribution is 6.30. The molecule has 148 valence electrons. The van der Waals surface area contributed by atoms with Crippen molar-refractivity contribution in [3.05, 3.63) is 83.1 Å². The van der Waals surface area contributed by atoms with Crippen LogP contribution in [0.3, 0.4) is 0 Å². The fourth-order valence-electron chi connectivity index (χ4n) is 2.70. The number of anilines is 2. The normalized spacial score (nSPS) is 10.3. The lowest BCUT2D eigenvalue weighted by Gasteiger charge is -2.13. The Kier molecular flexibility index (Phi) is 6.81. The third kappa shape index (κ3) is 5.80. The first-order chi connectivity index (χ1) is 14.0. The van der Waals surface area contributed by atoms with Crippen LogP contribution in [-0.2, 0) is 11.2 Å². The van der Waals surface area contributed by atoms with Crippen LogP contribution in [-0.4, -0.2) is 23.9 Å². The van der Waals surface area contributed by atoms with Crippen LogP contribution in [0.2, 0.25) is 5.02 Å². The molecule has 0 unspecified atom stereocenters. The highest BCUT2D eigenvalue weighted by Gasteiger charge is 2.12. The van der Waals surface area contributed by atoms with Crippen molar-refractivity contribution in [1.29, 1.82) is 0 Å². The van der Waals surface area contributed by atoms with Gasteiger partial charge >= 0.3 is 0 Å². The topological polar surface area (TPSA) is 80.3 Å². The molecule has 2 aromatic carbocycles. The molecule has 0 bridgehead atoms. The van der Waals surface area contributed by atoms with Gasteiger partial charge in [-0.05, 0) is 48.4 Å². The van der Waals surface area contributed by atoms with Crippen molar-refractivity contribution in [3.63, 3.8) is 0 Å². The van der Waals surface area contributed by atoms with Crippen molar-refractivity contribution >= 4 is 34.8 Å². The highest BCUT2D eigenvalue weighted by Crippen LogP contribution is 2.28. The molecule has 1 aromatic heterocycles. The number of carbonyl (C=O) groups is 2. The molecule has 1 heterocycles. The molecule has 3 rings (SSSR count). The monoisotopic (exact) mass is 409 g/mol. The van der Waals surface area contributed by atoms with Crippen LogP contribution in [0.25, 0.3) is 0 Å². The Bertz CT molecular complexity index is 992. The number of aryl methyl sites for hydroxylation is 1. The number of pyridine rings is 1. The molecule has 0 radical (unpaired) electrons. The van der Waals surface area contributed by atoms with Gasteiger partial charge in [-0.1, -0.05) is 23.7 Å². The first kappa shape index (κ1) is 20.4. The Morgan fingerprint density at radius 3 is 2.55 bits per heavy atom. The quantitative estimate of drug-likeness (QED) is 0.599. The number of methoxy groups -OCH3 is 1. The highest BCUT2D eigenvalue weighted by atomic mass is 35.5. The van der Waals surface area contributed by atoms with Gasteiger partial charge in [0, 0.05) is 35.6 Å². The van der Waals surface area contributed by atoms with Crippen LogP contribution in [0.15, 0.2) is 67.0 Å². The number of nitrogens with zero attached hydrogens (tertiary/aromatic N) is 1. The second-order valence-electron chi connectivity index (χ2n) is 6.29. The predicted molar refractivity (Wildman–Crippen MR) is 114 cm³/mol. The zero-order valence-corrected chi connectivity index (χ0v) is 16.6. The molecule has 6 nitrogen and oxygen atoms in total. The van der Waals surface area contributed by atoms with Crippen LogP contribution in [0.1, 0.15) is 22.3 Å². The number of aromatic nitrogens is 1.